The van der Waals surface area contributed by atoms with Crippen LogP contribution < -0.4 is 11.1 Å². The van der Waals surface area contributed by atoms with Gasteiger partial charge in [0.25, 0.3) is 5.91 Å². The molecule has 2 heterocycles. The Balaban J connectivity index is 2.15. The van der Waals surface area contributed by atoms with Crippen LogP contribution in [0, 0.1) is 5.92 Å². The topological polar surface area (TPSA) is 94.3 Å². The summed E-state index contributed by atoms with van der Waals surface area (Å²) in [5, 5.41) is 6.57. The lowest BCUT2D eigenvalue weighted by Crippen LogP contribution is -2.26. The Morgan fingerprint density at radius 3 is 2.95 bits per heavy atom. The van der Waals surface area contributed by atoms with Crippen LogP contribution in [0.25, 0.3) is 11.5 Å². The second-order valence-electron chi connectivity index (χ2n) is 4.69. The van der Waals surface area contributed by atoms with Crippen LogP contribution in [-0.2, 0) is 0 Å². The Labute approximate surface area is 110 Å². The number of carbonyl (C=O) groups excluding carboxylic acids is 1. The fourth-order valence-corrected chi connectivity index (χ4v) is 1.67. The number of nitrogen functional groups attached to an aromatic ring is 1. The molecule has 6 heteroatoms. The second kappa shape index (κ2) is 5.60. The molecule has 0 unspecified atom stereocenters. The van der Waals surface area contributed by atoms with Crippen molar-refractivity contribution in [1.82, 2.24) is 10.5 Å². The van der Waals surface area contributed by atoms with E-state index in [9.17, 15) is 4.79 Å². The minimum Gasteiger partial charge on any atom is -0.463 e. The molecule has 0 fully saturated rings. The summed E-state index contributed by atoms with van der Waals surface area (Å²) in [6.45, 7) is 4.76. The average Bonchev–Trinajstić information content (AvgIpc) is 2.96. The van der Waals surface area contributed by atoms with Gasteiger partial charge in [0.05, 0.1) is 6.26 Å². The summed E-state index contributed by atoms with van der Waals surface area (Å²) in [4.78, 5) is 12.1. The number of nitrogens with two attached hydrogens (primary N) is 1. The van der Waals surface area contributed by atoms with E-state index in [0.717, 1.165) is 6.42 Å². The highest BCUT2D eigenvalue weighted by Crippen LogP contribution is 2.27. The second-order valence-corrected chi connectivity index (χ2v) is 4.69. The third-order valence-electron chi connectivity index (χ3n) is 2.71. The molecular weight excluding hydrogens is 246 g/mol. The molecule has 2 aromatic rings. The van der Waals surface area contributed by atoms with E-state index in [0.29, 0.717) is 23.9 Å². The van der Waals surface area contributed by atoms with Gasteiger partial charge in [-0.25, -0.2) is 0 Å². The molecule has 0 aliphatic rings. The van der Waals surface area contributed by atoms with E-state index in [1.54, 1.807) is 12.1 Å². The van der Waals surface area contributed by atoms with Crippen molar-refractivity contribution < 1.29 is 13.7 Å². The molecule has 2 aromatic heterocycles. The zero-order valence-corrected chi connectivity index (χ0v) is 11.0. The van der Waals surface area contributed by atoms with E-state index in [4.69, 9.17) is 14.7 Å². The molecule has 0 radical (unpaired) electrons. The van der Waals surface area contributed by atoms with Crippen LogP contribution >= 0.6 is 0 Å². The van der Waals surface area contributed by atoms with E-state index in [1.807, 2.05) is 0 Å². The van der Waals surface area contributed by atoms with Gasteiger partial charge in [-0.3, -0.25) is 4.79 Å². The first kappa shape index (κ1) is 13.2. The van der Waals surface area contributed by atoms with Crippen LogP contribution in [0.3, 0.4) is 0 Å². The molecule has 3 N–H and O–H groups in total. The third-order valence-corrected chi connectivity index (χ3v) is 2.71. The number of furan rings is 1. The van der Waals surface area contributed by atoms with Crippen molar-refractivity contribution in [2.75, 3.05) is 12.3 Å². The first-order valence-electron chi connectivity index (χ1n) is 6.16. The van der Waals surface area contributed by atoms with Gasteiger partial charge in [0.1, 0.15) is 5.56 Å². The molecule has 0 aliphatic carbocycles. The van der Waals surface area contributed by atoms with Gasteiger partial charge in [-0.2, -0.15) is 0 Å². The van der Waals surface area contributed by atoms with E-state index >= 15 is 0 Å². The summed E-state index contributed by atoms with van der Waals surface area (Å²) in [6.07, 6.45) is 2.40. The van der Waals surface area contributed by atoms with Gasteiger partial charge in [-0.1, -0.05) is 19.0 Å². The molecule has 2 rings (SSSR count). The highest BCUT2D eigenvalue weighted by atomic mass is 16.5. The Morgan fingerprint density at radius 1 is 1.53 bits per heavy atom. The molecule has 0 spiro atoms. The Morgan fingerprint density at radius 2 is 2.32 bits per heavy atom. The predicted molar refractivity (Wildman–Crippen MR) is 70.4 cm³/mol. The Bertz CT molecular complexity index is 543. The van der Waals surface area contributed by atoms with Crippen molar-refractivity contribution in [1.29, 1.82) is 0 Å². The van der Waals surface area contributed by atoms with Crippen molar-refractivity contribution in [3.8, 4) is 11.5 Å². The van der Waals surface area contributed by atoms with Gasteiger partial charge >= 0.3 is 0 Å². The molecule has 0 saturated heterocycles. The number of rotatable bonds is 5. The summed E-state index contributed by atoms with van der Waals surface area (Å²) >= 11 is 0. The maximum atomic E-state index is 12.1. The van der Waals surface area contributed by atoms with Crippen molar-refractivity contribution in [3.63, 3.8) is 0 Å². The van der Waals surface area contributed by atoms with Crippen LogP contribution in [0.2, 0.25) is 0 Å². The summed E-state index contributed by atoms with van der Waals surface area (Å²) in [5.74, 6) is 0.665. The van der Waals surface area contributed by atoms with Crippen LogP contribution in [0.1, 0.15) is 30.6 Å². The van der Waals surface area contributed by atoms with Crippen molar-refractivity contribution in [2.45, 2.75) is 20.3 Å². The van der Waals surface area contributed by atoms with Crippen LogP contribution in [0.15, 0.2) is 27.3 Å². The van der Waals surface area contributed by atoms with E-state index in [1.165, 1.54) is 6.26 Å². The first-order valence-corrected chi connectivity index (χ1v) is 6.16. The zero-order valence-electron chi connectivity index (χ0n) is 11.0. The predicted octanol–water partition coefficient (Wildman–Crippen LogP) is 2.29. The third kappa shape index (κ3) is 2.96. The lowest BCUT2D eigenvalue weighted by Gasteiger charge is -2.06. The zero-order chi connectivity index (χ0) is 13.8. The van der Waals surface area contributed by atoms with E-state index < -0.39 is 0 Å². The van der Waals surface area contributed by atoms with Gasteiger partial charge in [0.15, 0.2) is 11.5 Å². The number of hydrogen-bond acceptors (Lipinski definition) is 5. The highest BCUT2D eigenvalue weighted by molar-refractivity contribution is 6.03. The Kier molecular flexibility index (Phi) is 3.89. The molecule has 19 heavy (non-hydrogen) atoms. The fraction of sp³-hybridized carbons (Fsp3) is 0.385. The average molecular weight is 263 g/mol. The number of aromatic nitrogens is 1. The molecular formula is C13H17N3O3. The molecule has 0 aromatic carbocycles. The molecule has 102 valence electrons. The van der Waals surface area contributed by atoms with Crippen molar-refractivity contribution in [2.24, 2.45) is 5.92 Å². The van der Waals surface area contributed by atoms with Gasteiger partial charge in [-0.05, 0) is 24.5 Å². The van der Waals surface area contributed by atoms with Crippen molar-refractivity contribution in [3.05, 3.63) is 24.0 Å². The highest BCUT2D eigenvalue weighted by Gasteiger charge is 2.23. The van der Waals surface area contributed by atoms with Crippen LogP contribution in [0.5, 0.6) is 0 Å². The van der Waals surface area contributed by atoms with Gasteiger partial charge in [-0.15, -0.1) is 0 Å². The summed E-state index contributed by atoms with van der Waals surface area (Å²) in [5.41, 5.74) is 6.19. The first-order chi connectivity index (χ1) is 9.09. The number of amides is 1. The largest absolute Gasteiger partial charge is 0.463 e. The fourth-order valence-electron chi connectivity index (χ4n) is 1.67. The van der Waals surface area contributed by atoms with Gasteiger partial charge < -0.3 is 20.0 Å². The van der Waals surface area contributed by atoms with E-state index in [-0.39, 0.29) is 17.4 Å². The monoisotopic (exact) mass is 263 g/mol. The molecule has 6 nitrogen and oxygen atoms in total. The number of anilines is 1. The standard InChI is InChI=1S/C13H17N3O3/c1-8(2)5-6-15-13(17)10-11(16-19-12(10)14)9-4-3-7-18-9/h3-4,7-8H,5-6,14H2,1-2H3,(H,15,17). The number of hydrogen-bond donors (Lipinski definition) is 2. The SMILES string of the molecule is CC(C)CCNC(=O)c1c(-c2ccco2)noc1N. The molecule has 0 aliphatic heterocycles. The molecule has 1 amide bonds. The lowest BCUT2D eigenvalue weighted by atomic mass is 10.1. The minimum absolute atomic E-state index is 0.00607. The molecule has 0 bridgehead atoms. The maximum Gasteiger partial charge on any atom is 0.259 e. The maximum absolute atomic E-state index is 12.1. The summed E-state index contributed by atoms with van der Waals surface area (Å²) in [6, 6.07) is 3.41. The van der Waals surface area contributed by atoms with E-state index in [2.05, 4.69) is 24.3 Å². The number of nitrogens with zero attached hydrogens (tertiary/aromatic N) is 1. The van der Waals surface area contributed by atoms with Crippen LogP contribution in [0.4, 0.5) is 5.88 Å². The summed E-state index contributed by atoms with van der Waals surface area (Å²) in [7, 11) is 0. The van der Waals surface area contributed by atoms with Gasteiger partial charge in [0, 0.05) is 6.54 Å². The minimum atomic E-state index is -0.300. The molecule has 0 saturated carbocycles. The number of carbonyl (C=O) groups is 1. The summed E-state index contributed by atoms with van der Waals surface area (Å²) < 4.78 is 10.1. The number of nitrogens with one attached hydrogen (secondary N) is 1. The smallest absolute Gasteiger partial charge is 0.259 e. The molecule has 0 atom stereocenters. The Hall–Kier alpha value is -2.24. The van der Waals surface area contributed by atoms with Crippen molar-refractivity contribution >= 4 is 11.8 Å². The van der Waals surface area contributed by atoms with Gasteiger partial charge in [0.2, 0.25) is 5.88 Å². The lowest BCUT2D eigenvalue weighted by molar-refractivity contribution is 0.0953. The van der Waals surface area contributed by atoms with Crippen LogP contribution in [-0.4, -0.2) is 17.6 Å². The normalized spacial score (nSPS) is 10.9. The quantitative estimate of drug-likeness (QED) is 0.863.